The van der Waals surface area contributed by atoms with Gasteiger partial charge in [-0.25, -0.2) is 29.0 Å². The maximum absolute atomic E-state index is 14.4. The monoisotopic (exact) mass is 1170 g/mol. The van der Waals surface area contributed by atoms with Gasteiger partial charge in [-0.05, 0) is 96.4 Å². The zero-order chi connectivity index (χ0) is 60.6. The maximum atomic E-state index is 14.4. The molecule has 3 aromatic carbocycles. The summed E-state index contributed by atoms with van der Waals surface area (Å²) < 4.78 is 32.6. The van der Waals surface area contributed by atoms with Crippen LogP contribution in [0.3, 0.4) is 0 Å². The highest BCUT2D eigenvalue weighted by Gasteiger charge is 2.61. The van der Waals surface area contributed by atoms with Crippen molar-refractivity contribution in [2.45, 2.75) is 270 Å². The molecule has 0 unspecified atom stereocenters. The Labute approximate surface area is 502 Å². The number of amides is 1. The van der Waals surface area contributed by atoms with Crippen LogP contribution in [0.5, 0.6) is 0 Å². The summed E-state index contributed by atoms with van der Waals surface area (Å²) in [6.45, 7) is 12.2. The number of hydrogen-bond acceptors (Lipinski definition) is 14. The molecule has 4 rings (SSSR count). The summed E-state index contributed by atoms with van der Waals surface area (Å²) in [6, 6.07) is 23.8. The minimum absolute atomic E-state index is 0.139. The zero-order valence-electron chi connectivity index (χ0n) is 51.7. The second-order valence-electron chi connectivity index (χ2n) is 22.8. The van der Waals surface area contributed by atoms with E-state index in [9.17, 15) is 24.0 Å². The molecule has 0 bridgehead atoms. The second-order valence-corrected chi connectivity index (χ2v) is 22.8. The van der Waals surface area contributed by atoms with Crippen LogP contribution in [0.2, 0.25) is 0 Å². The average molecular weight is 1170 g/mol. The molecule has 3 aromatic rings. The van der Waals surface area contributed by atoms with Gasteiger partial charge in [0.2, 0.25) is 11.7 Å². The van der Waals surface area contributed by atoms with Crippen LogP contribution >= 0.6 is 0 Å². The lowest BCUT2D eigenvalue weighted by Gasteiger charge is -2.49. The van der Waals surface area contributed by atoms with E-state index in [2.05, 4.69) is 19.2 Å². The summed E-state index contributed by atoms with van der Waals surface area (Å²) >= 11 is 0. The molecule has 7 atom stereocenters. The number of unbranched alkanes of at least 4 members (excludes halogenated alkanes) is 23. The van der Waals surface area contributed by atoms with Gasteiger partial charge in [-0.15, -0.1) is 0 Å². The number of carbonyl (C=O) groups excluding carboxylic acids is 5. The molecule has 0 saturated carbocycles. The molecule has 1 N–H and O–H groups in total. The van der Waals surface area contributed by atoms with Crippen LogP contribution in [0, 0.1) is 0 Å². The third-order valence-electron chi connectivity index (χ3n) is 14.7. The summed E-state index contributed by atoms with van der Waals surface area (Å²) in [5, 5.41) is 3.14. The summed E-state index contributed by atoms with van der Waals surface area (Å²) in [5.41, 5.74) is 0.578. The Kier molecular flexibility index (Phi) is 35.6. The molecular weight excluding hydrogens is 1070 g/mol. The molecule has 1 heterocycles. The van der Waals surface area contributed by atoms with Gasteiger partial charge in [-0.1, -0.05) is 216 Å². The van der Waals surface area contributed by atoms with Crippen molar-refractivity contribution < 1.29 is 67.2 Å². The van der Waals surface area contributed by atoms with Crippen molar-refractivity contribution in [2.24, 2.45) is 0 Å². The quantitative estimate of drug-likeness (QED) is 0.00825. The van der Waals surface area contributed by atoms with E-state index in [1.807, 2.05) is 6.08 Å². The van der Waals surface area contributed by atoms with Crippen LogP contribution in [0.1, 0.15) is 246 Å². The Bertz CT molecular complexity index is 2340. The topological polar surface area (TPSA) is 180 Å². The number of hydrogen-bond donors (Lipinski definition) is 1. The van der Waals surface area contributed by atoms with Gasteiger partial charge in [0.1, 0.15) is 6.10 Å². The number of benzene rings is 3. The largest absolute Gasteiger partial charge is 0.452 e. The summed E-state index contributed by atoms with van der Waals surface area (Å²) in [6.07, 6.45) is 23.8. The predicted molar refractivity (Wildman–Crippen MR) is 326 cm³/mol. The summed E-state index contributed by atoms with van der Waals surface area (Å²) in [7, 11) is 0. The highest BCUT2D eigenvalue weighted by Crippen LogP contribution is 2.40. The van der Waals surface area contributed by atoms with Gasteiger partial charge in [0.05, 0.1) is 41.5 Å². The molecule has 1 aliphatic rings. The number of rotatable bonds is 45. The molecule has 1 aliphatic heterocycles. The van der Waals surface area contributed by atoms with Gasteiger partial charge in [-0.2, -0.15) is 4.89 Å². The van der Waals surface area contributed by atoms with Crippen molar-refractivity contribution in [1.29, 1.82) is 0 Å². The van der Waals surface area contributed by atoms with Gasteiger partial charge >= 0.3 is 17.9 Å². The van der Waals surface area contributed by atoms with E-state index >= 15 is 0 Å². The Balaban J connectivity index is 1.73. The predicted octanol–water partition coefficient (Wildman–Crippen LogP) is 15.8. The maximum Gasteiger partial charge on any atom is 0.338 e. The fourth-order valence-corrected chi connectivity index (χ4v) is 9.96. The minimum atomic E-state index is -2.21. The second kappa shape index (κ2) is 42.2. The van der Waals surface area contributed by atoms with Crippen molar-refractivity contribution in [3.05, 3.63) is 126 Å². The Morgan fingerprint density at radius 1 is 0.571 bits per heavy atom. The molecule has 15 nitrogen and oxygen atoms in total. The van der Waals surface area contributed by atoms with E-state index in [4.69, 9.17) is 43.2 Å². The first kappa shape index (κ1) is 70.8. The standard InChI is InChI=1S/C69H101NO14/c1-8-10-12-14-16-18-20-22-24-26-28-30-41-49-59(77-66(73)55-43-35-32-36-44-55)58(70-61(72)50-42-31-29-27-25-23-21-19-17-15-13-11-9-2)52-76-69(7)65(79-68(75)57-47-39-34-40-48-57)64(78-67(74)56-45-37-33-38-46-56)63(84-82-54(5)6)62(80-69)60(51-71)83-81-53(3)4/h32-41,43-49,53-54,58-59,62-65H,8-31,42,50,52H2,1-7H3,(H,70,72)/b49-41+/t58-,59+,62+,63-,64-,65+,69-/m0/s1. The number of esters is 3. The van der Waals surface area contributed by atoms with Crippen molar-refractivity contribution in [1.82, 2.24) is 5.32 Å². The normalized spacial score (nSPS) is 18.5. The molecule has 0 aromatic heterocycles. The van der Waals surface area contributed by atoms with E-state index in [0.717, 1.165) is 44.9 Å². The highest BCUT2D eigenvalue weighted by molar-refractivity contribution is 5.91. The molecule has 1 saturated heterocycles. The fourth-order valence-electron chi connectivity index (χ4n) is 9.96. The lowest BCUT2D eigenvalue weighted by Crippen LogP contribution is -2.68. The Morgan fingerprint density at radius 2 is 1.01 bits per heavy atom. The van der Waals surface area contributed by atoms with Crippen LogP contribution < -0.4 is 5.32 Å². The number of allylic oxidation sites excluding steroid dienone is 1. The molecule has 1 amide bonds. The molecule has 0 spiro atoms. The van der Waals surface area contributed by atoms with Crippen molar-refractivity contribution >= 4 is 29.8 Å². The molecule has 466 valence electrons. The first-order valence-electron chi connectivity index (χ1n) is 31.8. The average Bonchev–Trinajstić information content (AvgIpc) is 3.10. The fraction of sp³-hybridized carbons (Fsp3) is 0.623. The van der Waals surface area contributed by atoms with Crippen LogP contribution in [-0.2, 0) is 52.8 Å². The summed E-state index contributed by atoms with van der Waals surface area (Å²) in [5.74, 6) is -3.66. The number of ether oxygens (including phenoxy) is 5. The Hall–Kier alpha value is -5.67. The smallest absolute Gasteiger partial charge is 0.338 e. The number of nitrogens with one attached hydrogen (secondary N) is 1. The molecule has 84 heavy (non-hydrogen) atoms. The highest BCUT2D eigenvalue weighted by atomic mass is 17.2. The van der Waals surface area contributed by atoms with Gasteiger partial charge in [0, 0.05) is 6.42 Å². The van der Waals surface area contributed by atoms with E-state index in [-0.39, 0.29) is 23.5 Å². The lowest BCUT2D eigenvalue weighted by molar-refractivity contribution is -0.426. The minimum Gasteiger partial charge on any atom is -0.452 e. The first-order valence-corrected chi connectivity index (χ1v) is 31.8. The van der Waals surface area contributed by atoms with Crippen LogP contribution in [0.25, 0.3) is 0 Å². The van der Waals surface area contributed by atoms with Crippen LogP contribution in [0.4, 0.5) is 0 Å². The molecule has 0 aliphatic carbocycles. The van der Waals surface area contributed by atoms with Crippen molar-refractivity contribution in [2.75, 3.05) is 6.61 Å². The van der Waals surface area contributed by atoms with Gasteiger partial charge < -0.3 is 33.9 Å². The van der Waals surface area contributed by atoms with E-state index in [1.165, 1.54) is 110 Å². The lowest BCUT2D eigenvalue weighted by atomic mass is 9.91. The molecular formula is C69H101NO14. The van der Waals surface area contributed by atoms with Crippen LogP contribution in [-0.4, -0.2) is 90.9 Å². The zero-order valence-corrected chi connectivity index (χ0v) is 51.7. The van der Waals surface area contributed by atoms with Gasteiger partial charge in [0.15, 0.2) is 30.4 Å². The Morgan fingerprint density at radius 3 is 1.48 bits per heavy atom. The molecule has 1 fully saturated rings. The SMILES string of the molecule is CCCCCCCCCCCCC/C=C/[C@@H](OC(=O)c1ccccc1)[C@H](CO[C@@]1(C)O[C@H](C(=C=O)OOC(C)C)[C@H](OOC(C)C)[C@H](OC(=O)c2ccccc2)[C@H]1OC(=O)c1ccccc1)NC(=O)CCCCCCCCCCCCCCC. The molecule has 15 heteroatoms. The van der Waals surface area contributed by atoms with Gasteiger partial charge in [0.25, 0.3) is 5.76 Å². The van der Waals surface area contributed by atoms with E-state index < -0.39 is 84.8 Å². The van der Waals surface area contributed by atoms with Crippen LogP contribution in [0.15, 0.2) is 109 Å². The molecule has 0 radical (unpaired) electrons. The first-order chi connectivity index (χ1) is 40.8. The third-order valence-corrected chi connectivity index (χ3v) is 14.7. The van der Waals surface area contributed by atoms with E-state index in [1.54, 1.807) is 131 Å². The van der Waals surface area contributed by atoms with Gasteiger partial charge in [-0.3, -0.25) is 4.79 Å². The van der Waals surface area contributed by atoms with Crippen molar-refractivity contribution in [3.8, 4) is 0 Å². The van der Waals surface area contributed by atoms with Crippen molar-refractivity contribution in [3.63, 3.8) is 0 Å². The number of carbonyl (C=O) groups is 4. The third kappa shape index (κ3) is 27.6. The summed E-state index contributed by atoms with van der Waals surface area (Å²) in [4.78, 5) is 92.8. The van der Waals surface area contributed by atoms with E-state index in [0.29, 0.717) is 18.4 Å².